The maximum absolute atomic E-state index is 13.7. The predicted molar refractivity (Wildman–Crippen MR) is 73.6 cm³/mol. The van der Waals surface area contributed by atoms with Crippen LogP contribution in [0.1, 0.15) is 18.9 Å². The fraction of sp³-hybridized carbons (Fsp3) is 0.538. The number of hydrogen-bond acceptors (Lipinski definition) is 4. The van der Waals surface area contributed by atoms with Crippen LogP contribution < -0.4 is 10.1 Å². The molecule has 0 aromatic heterocycles. The van der Waals surface area contributed by atoms with E-state index in [9.17, 15) is 17.2 Å². The summed E-state index contributed by atoms with van der Waals surface area (Å²) in [7, 11) is -3.22. The molecule has 7 heteroatoms. The number of halogens is 2. The standard InChI is InChI=1S/C13H19F2NO3S/c1-3-4-16-9-10-7-11(14)13(12(15)8-10)19-5-6-20(2,17)18/h7-8,16H,3-6,9H2,1-2H3. The normalized spacial score (nSPS) is 11.6. The number of rotatable bonds is 8. The Kier molecular flexibility index (Phi) is 6.35. The van der Waals surface area contributed by atoms with Crippen molar-refractivity contribution >= 4 is 9.84 Å². The van der Waals surface area contributed by atoms with Crippen LogP contribution in [-0.4, -0.2) is 33.6 Å². The molecule has 0 aliphatic heterocycles. The molecule has 0 saturated heterocycles. The second kappa shape index (κ2) is 7.54. The van der Waals surface area contributed by atoms with Gasteiger partial charge in [0.1, 0.15) is 6.61 Å². The quantitative estimate of drug-likeness (QED) is 0.745. The van der Waals surface area contributed by atoms with E-state index in [1.54, 1.807) is 0 Å². The van der Waals surface area contributed by atoms with Gasteiger partial charge in [0.2, 0.25) is 0 Å². The van der Waals surface area contributed by atoms with Crippen molar-refractivity contribution in [1.29, 1.82) is 0 Å². The molecule has 0 fully saturated rings. The van der Waals surface area contributed by atoms with Crippen molar-refractivity contribution in [2.45, 2.75) is 19.9 Å². The summed E-state index contributed by atoms with van der Waals surface area (Å²) in [6.07, 6.45) is 1.96. The van der Waals surface area contributed by atoms with E-state index in [2.05, 4.69) is 5.32 Å². The Labute approximate surface area is 118 Å². The predicted octanol–water partition coefficient (Wildman–Crippen LogP) is 1.89. The first kappa shape index (κ1) is 16.8. The molecule has 0 unspecified atom stereocenters. The summed E-state index contributed by atoms with van der Waals surface area (Å²) in [6.45, 7) is 2.84. The molecule has 1 rings (SSSR count). The largest absolute Gasteiger partial charge is 0.487 e. The Morgan fingerprint density at radius 3 is 2.35 bits per heavy atom. The maximum atomic E-state index is 13.7. The lowest BCUT2D eigenvalue weighted by molar-refractivity contribution is 0.303. The van der Waals surface area contributed by atoms with Crippen molar-refractivity contribution in [3.63, 3.8) is 0 Å². The SMILES string of the molecule is CCCNCc1cc(F)c(OCCS(C)(=O)=O)c(F)c1. The van der Waals surface area contributed by atoms with Gasteiger partial charge < -0.3 is 10.1 Å². The van der Waals surface area contributed by atoms with Gasteiger partial charge in [0.25, 0.3) is 0 Å². The fourth-order valence-electron chi connectivity index (χ4n) is 1.56. The molecule has 0 aliphatic rings. The number of hydrogen-bond donors (Lipinski definition) is 1. The summed E-state index contributed by atoms with van der Waals surface area (Å²) >= 11 is 0. The van der Waals surface area contributed by atoms with E-state index in [4.69, 9.17) is 4.74 Å². The molecule has 1 aromatic rings. The van der Waals surface area contributed by atoms with E-state index in [0.717, 1.165) is 19.2 Å². The van der Waals surface area contributed by atoms with Crippen molar-refractivity contribution in [2.75, 3.05) is 25.2 Å². The molecule has 1 N–H and O–H groups in total. The van der Waals surface area contributed by atoms with E-state index in [-0.39, 0.29) is 12.4 Å². The minimum absolute atomic E-state index is 0.278. The van der Waals surface area contributed by atoms with E-state index in [1.165, 1.54) is 12.1 Å². The van der Waals surface area contributed by atoms with E-state index in [0.29, 0.717) is 12.1 Å². The van der Waals surface area contributed by atoms with Gasteiger partial charge in [0.05, 0.1) is 5.75 Å². The zero-order chi connectivity index (χ0) is 15.2. The third kappa shape index (κ3) is 5.83. The van der Waals surface area contributed by atoms with Gasteiger partial charge in [0.15, 0.2) is 27.2 Å². The van der Waals surface area contributed by atoms with Gasteiger partial charge in [-0.3, -0.25) is 0 Å². The monoisotopic (exact) mass is 307 g/mol. The minimum Gasteiger partial charge on any atom is -0.487 e. The van der Waals surface area contributed by atoms with E-state index in [1.807, 2.05) is 6.92 Å². The Morgan fingerprint density at radius 2 is 1.85 bits per heavy atom. The van der Waals surface area contributed by atoms with Crippen LogP contribution in [0.3, 0.4) is 0 Å². The van der Waals surface area contributed by atoms with Crippen LogP contribution in [-0.2, 0) is 16.4 Å². The van der Waals surface area contributed by atoms with Crippen molar-refractivity contribution in [2.24, 2.45) is 0 Å². The number of benzene rings is 1. The molecule has 0 radical (unpaired) electrons. The van der Waals surface area contributed by atoms with Gasteiger partial charge in [0, 0.05) is 12.8 Å². The molecule has 0 spiro atoms. The van der Waals surface area contributed by atoms with Gasteiger partial charge >= 0.3 is 0 Å². The lowest BCUT2D eigenvalue weighted by Gasteiger charge is -2.10. The Morgan fingerprint density at radius 1 is 1.25 bits per heavy atom. The minimum atomic E-state index is -3.22. The average molecular weight is 307 g/mol. The smallest absolute Gasteiger partial charge is 0.190 e. The molecule has 114 valence electrons. The molecule has 0 bridgehead atoms. The molecular weight excluding hydrogens is 288 g/mol. The Hall–Kier alpha value is -1.21. The highest BCUT2D eigenvalue weighted by atomic mass is 32.2. The van der Waals surface area contributed by atoms with Crippen LogP contribution in [0.2, 0.25) is 0 Å². The Bertz CT molecular complexity index is 524. The molecule has 0 amide bonds. The summed E-state index contributed by atoms with van der Waals surface area (Å²) in [5.74, 6) is -2.47. The number of sulfone groups is 1. The van der Waals surface area contributed by atoms with Gasteiger partial charge in [-0.1, -0.05) is 6.92 Å². The highest BCUT2D eigenvalue weighted by Crippen LogP contribution is 2.23. The van der Waals surface area contributed by atoms with Crippen LogP contribution in [0.5, 0.6) is 5.75 Å². The lowest BCUT2D eigenvalue weighted by Crippen LogP contribution is -2.15. The van der Waals surface area contributed by atoms with Crippen molar-refractivity contribution in [3.05, 3.63) is 29.3 Å². The topological polar surface area (TPSA) is 55.4 Å². The van der Waals surface area contributed by atoms with Crippen LogP contribution in [0.4, 0.5) is 8.78 Å². The van der Waals surface area contributed by atoms with Crippen LogP contribution in [0, 0.1) is 11.6 Å². The molecule has 0 saturated carbocycles. The van der Waals surface area contributed by atoms with Crippen molar-refractivity contribution in [3.8, 4) is 5.75 Å². The summed E-state index contributed by atoms with van der Waals surface area (Å²) < 4.78 is 54.1. The second-order valence-corrected chi connectivity index (χ2v) is 6.80. The zero-order valence-corrected chi connectivity index (χ0v) is 12.4. The number of nitrogens with one attached hydrogen (secondary N) is 1. The van der Waals surface area contributed by atoms with Crippen LogP contribution in [0.15, 0.2) is 12.1 Å². The van der Waals surface area contributed by atoms with Gasteiger partial charge in [-0.15, -0.1) is 0 Å². The van der Waals surface area contributed by atoms with Crippen molar-refractivity contribution in [1.82, 2.24) is 5.32 Å². The fourth-order valence-corrected chi connectivity index (χ4v) is 1.94. The van der Waals surface area contributed by atoms with E-state index >= 15 is 0 Å². The van der Waals surface area contributed by atoms with Gasteiger partial charge in [-0.05, 0) is 30.7 Å². The first-order valence-electron chi connectivity index (χ1n) is 6.32. The first-order valence-corrected chi connectivity index (χ1v) is 8.38. The highest BCUT2D eigenvalue weighted by Gasteiger charge is 2.13. The van der Waals surface area contributed by atoms with Crippen molar-refractivity contribution < 1.29 is 21.9 Å². The summed E-state index contributed by atoms with van der Waals surface area (Å²) in [5.41, 5.74) is 0.476. The molecule has 4 nitrogen and oxygen atoms in total. The summed E-state index contributed by atoms with van der Waals surface area (Å²) in [5, 5.41) is 3.03. The second-order valence-electron chi connectivity index (χ2n) is 4.54. The van der Waals surface area contributed by atoms with Crippen LogP contribution in [0.25, 0.3) is 0 Å². The van der Waals surface area contributed by atoms with Crippen LogP contribution >= 0.6 is 0 Å². The van der Waals surface area contributed by atoms with Gasteiger partial charge in [-0.2, -0.15) is 0 Å². The molecule has 0 heterocycles. The Balaban J connectivity index is 2.68. The lowest BCUT2D eigenvalue weighted by atomic mass is 10.2. The third-order valence-corrected chi connectivity index (χ3v) is 3.42. The molecule has 20 heavy (non-hydrogen) atoms. The molecule has 1 aromatic carbocycles. The average Bonchev–Trinajstić information content (AvgIpc) is 2.32. The van der Waals surface area contributed by atoms with E-state index < -0.39 is 27.2 Å². The number of ether oxygens (including phenoxy) is 1. The summed E-state index contributed by atoms with van der Waals surface area (Å²) in [6, 6.07) is 2.36. The summed E-state index contributed by atoms with van der Waals surface area (Å²) in [4.78, 5) is 0. The van der Waals surface area contributed by atoms with Gasteiger partial charge in [-0.25, -0.2) is 17.2 Å². The third-order valence-electron chi connectivity index (χ3n) is 2.51. The molecule has 0 atom stereocenters. The molecular formula is C13H19F2NO3S. The molecule has 0 aliphatic carbocycles. The highest BCUT2D eigenvalue weighted by molar-refractivity contribution is 7.90. The maximum Gasteiger partial charge on any atom is 0.190 e. The zero-order valence-electron chi connectivity index (χ0n) is 11.6. The first-order chi connectivity index (χ1) is 9.33.